The predicted molar refractivity (Wildman–Crippen MR) is 158 cm³/mol. The highest BCUT2D eigenvalue weighted by atomic mass is 32.1. The second-order valence-corrected chi connectivity index (χ2v) is 11.4. The highest BCUT2D eigenvalue weighted by Gasteiger charge is 2.40. The summed E-state index contributed by atoms with van der Waals surface area (Å²) >= 11 is 1.62. The molecule has 1 fully saturated rings. The molecule has 1 aromatic carbocycles. The van der Waals surface area contributed by atoms with E-state index in [1.807, 2.05) is 49.6 Å². The first-order valence-electron chi connectivity index (χ1n) is 13.9. The van der Waals surface area contributed by atoms with Crippen molar-refractivity contribution < 1.29 is 42.3 Å². The largest absolute Gasteiger partial charge is 0.490 e. The number of carbonyl (C=O) groups excluding carboxylic acids is 4. The number of benzene rings is 1. The molecule has 2 heterocycles. The lowest BCUT2D eigenvalue weighted by atomic mass is 10.0. The second kappa shape index (κ2) is 16.2. The number of nitrogens with zero attached hydrogens (tertiary/aromatic N) is 1. The number of carbonyl (C=O) groups is 5. The van der Waals surface area contributed by atoms with Crippen LogP contribution in [0.5, 0.6) is 0 Å². The summed E-state index contributed by atoms with van der Waals surface area (Å²) in [7, 11) is 1.67. The van der Waals surface area contributed by atoms with E-state index in [1.54, 1.807) is 25.3 Å². The standard InChI is InChI=1S/C27H37N5O4S.C2HF3O2/c1-16(2)23(31-25(34)17(3)29-4)27(36)32-12-5-6-22(32)26(35)30-21(24(28)33)14-18-7-9-19(10-8-18)20-11-13-37-15-20;3-2(4,5)1(6)7/h7-11,13,15-17,21-23,29H,5-6,12,14H2,1-4H3,(H2,28,33)(H,30,35)(H,31,34);(H,6,7)/t17-,21-,22-,23-;/m0./s1. The van der Waals surface area contributed by atoms with Crippen LogP contribution in [0.25, 0.3) is 11.1 Å². The smallest absolute Gasteiger partial charge is 0.475 e. The molecule has 0 radical (unpaired) electrons. The quantitative estimate of drug-likeness (QED) is 0.251. The topological polar surface area (TPSA) is 171 Å². The number of carboxylic acid groups (broad SMARTS) is 1. The van der Waals surface area contributed by atoms with E-state index in [4.69, 9.17) is 15.6 Å². The molecule has 1 aliphatic rings. The highest BCUT2D eigenvalue weighted by molar-refractivity contribution is 7.08. The number of nitrogens with one attached hydrogen (secondary N) is 3. The van der Waals surface area contributed by atoms with E-state index in [2.05, 4.69) is 21.3 Å². The summed E-state index contributed by atoms with van der Waals surface area (Å²) in [6.45, 7) is 5.82. The lowest BCUT2D eigenvalue weighted by Crippen LogP contribution is -2.58. The van der Waals surface area contributed by atoms with Crippen LogP contribution in [0.3, 0.4) is 0 Å². The summed E-state index contributed by atoms with van der Waals surface area (Å²) in [6.07, 6.45) is -3.71. The molecule has 4 amide bonds. The number of halogens is 3. The molecular weight excluding hydrogens is 603 g/mol. The normalized spacial score (nSPS) is 16.7. The van der Waals surface area contributed by atoms with Gasteiger partial charge in [-0.1, -0.05) is 38.1 Å². The van der Waals surface area contributed by atoms with Gasteiger partial charge in [0.25, 0.3) is 0 Å². The summed E-state index contributed by atoms with van der Waals surface area (Å²) < 4.78 is 31.7. The van der Waals surface area contributed by atoms with E-state index in [0.717, 1.165) is 16.7 Å². The molecular formula is C29H38F3N5O6S. The summed E-state index contributed by atoms with van der Waals surface area (Å²) in [5, 5.41) is 19.6. The second-order valence-electron chi connectivity index (χ2n) is 10.6. The Bertz CT molecular complexity index is 1290. The molecule has 1 aromatic heterocycles. The van der Waals surface area contributed by atoms with Crippen molar-refractivity contribution in [3.8, 4) is 11.1 Å². The number of hydrogen-bond donors (Lipinski definition) is 5. The number of amides is 4. The third-order valence-electron chi connectivity index (χ3n) is 7.05. The SMILES string of the molecule is CN[C@@H](C)C(=O)N[C@H](C(=O)N1CCC[C@H]1C(=O)N[C@@H](Cc1ccc(-c2ccsc2)cc1)C(N)=O)C(C)C.O=C(O)C(F)(F)F. The highest BCUT2D eigenvalue weighted by Crippen LogP contribution is 2.23. The van der Waals surface area contributed by atoms with Crippen molar-refractivity contribution in [2.24, 2.45) is 11.7 Å². The molecule has 44 heavy (non-hydrogen) atoms. The Labute approximate surface area is 257 Å². The zero-order valence-electron chi connectivity index (χ0n) is 24.8. The summed E-state index contributed by atoms with van der Waals surface area (Å²) in [5.41, 5.74) is 8.69. The van der Waals surface area contributed by atoms with Crippen LogP contribution in [0.4, 0.5) is 13.2 Å². The van der Waals surface area contributed by atoms with Gasteiger partial charge in [0.2, 0.25) is 23.6 Å². The van der Waals surface area contributed by atoms with Crippen molar-refractivity contribution in [2.75, 3.05) is 13.6 Å². The zero-order valence-corrected chi connectivity index (χ0v) is 25.6. The van der Waals surface area contributed by atoms with Gasteiger partial charge in [0.05, 0.1) is 6.04 Å². The number of aliphatic carboxylic acids is 1. The third-order valence-corrected chi connectivity index (χ3v) is 7.73. The summed E-state index contributed by atoms with van der Waals surface area (Å²) in [6, 6.07) is 6.98. The van der Waals surface area contributed by atoms with Gasteiger partial charge in [-0.05, 0) is 66.2 Å². The number of likely N-dealkylation sites (tertiary alicyclic amines) is 1. The molecule has 3 rings (SSSR count). The average Bonchev–Trinajstić information content (AvgIpc) is 3.68. The van der Waals surface area contributed by atoms with E-state index < -0.39 is 48.1 Å². The van der Waals surface area contributed by atoms with Gasteiger partial charge in [-0.3, -0.25) is 19.2 Å². The fourth-order valence-electron chi connectivity index (χ4n) is 4.39. The molecule has 15 heteroatoms. The van der Waals surface area contributed by atoms with Crippen LogP contribution in [0.1, 0.15) is 39.2 Å². The minimum Gasteiger partial charge on any atom is -0.475 e. The van der Waals surface area contributed by atoms with Gasteiger partial charge in [0.1, 0.15) is 18.1 Å². The molecule has 0 aliphatic carbocycles. The lowest BCUT2D eigenvalue weighted by Gasteiger charge is -2.31. The first-order chi connectivity index (χ1) is 20.6. The average molecular weight is 642 g/mol. The van der Waals surface area contributed by atoms with Crippen molar-refractivity contribution in [2.45, 2.75) is 70.4 Å². The fraction of sp³-hybridized carbons (Fsp3) is 0.483. The number of alkyl halides is 3. The fourth-order valence-corrected chi connectivity index (χ4v) is 5.06. The molecule has 0 saturated carbocycles. The Hall–Kier alpha value is -3.98. The van der Waals surface area contributed by atoms with Crippen LogP contribution in [-0.2, 0) is 30.4 Å². The van der Waals surface area contributed by atoms with Crippen LogP contribution in [0, 0.1) is 5.92 Å². The molecule has 0 unspecified atom stereocenters. The van der Waals surface area contributed by atoms with Crippen LogP contribution in [0.15, 0.2) is 41.1 Å². The molecule has 0 spiro atoms. The Morgan fingerprint density at radius 1 is 1.05 bits per heavy atom. The van der Waals surface area contributed by atoms with Gasteiger partial charge in [-0.2, -0.15) is 24.5 Å². The van der Waals surface area contributed by atoms with Crippen LogP contribution in [0.2, 0.25) is 0 Å². The molecule has 242 valence electrons. The van der Waals surface area contributed by atoms with Gasteiger partial charge < -0.3 is 31.7 Å². The predicted octanol–water partition coefficient (Wildman–Crippen LogP) is 2.30. The lowest BCUT2D eigenvalue weighted by molar-refractivity contribution is -0.192. The summed E-state index contributed by atoms with van der Waals surface area (Å²) in [5.74, 6) is -4.56. The number of rotatable bonds is 11. The van der Waals surface area contributed by atoms with Gasteiger partial charge in [-0.25, -0.2) is 4.79 Å². The van der Waals surface area contributed by atoms with Gasteiger partial charge in [0, 0.05) is 13.0 Å². The molecule has 1 saturated heterocycles. The molecule has 4 atom stereocenters. The van der Waals surface area contributed by atoms with Crippen molar-refractivity contribution in [3.63, 3.8) is 0 Å². The number of nitrogens with two attached hydrogens (primary N) is 1. The first kappa shape index (κ1) is 36.2. The molecule has 0 bridgehead atoms. The van der Waals surface area contributed by atoms with Crippen LogP contribution < -0.4 is 21.7 Å². The number of likely N-dealkylation sites (N-methyl/N-ethyl adjacent to an activating group) is 1. The maximum absolute atomic E-state index is 13.4. The summed E-state index contributed by atoms with van der Waals surface area (Å²) in [4.78, 5) is 61.7. The zero-order chi connectivity index (χ0) is 33.2. The number of primary amides is 1. The Morgan fingerprint density at radius 3 is 2.14 bits per heavy atom. The minimum absolute atomic E-state index is 0.166. The molecule has 2 aromatic rings. The van der Waals surface area contributed by atoms with E-state index in [0.29, 0.717) is 19.4 Å². The Kier molecular flexibility index (Phi) is 13.3. The van der Waals surface area contributed by atoms with Crippen molar-refractivity contribution in [1.29, 1.82) is 0 Å². The minimum atomic E-state index is -5.08. The van der Waals surface area contributed by atoms with Crippen molar-refractivity contribution in [3.05, 3.63) is 46.7 Å². The maximum Gasteiger partial charge on any atom is 0.490 e. The van der Waals surface area contributed by atoms with E-state index in [9.17, 15) is 32.3 Å². The Balaban J connectivity index is 0.000000860. The van der Waals surface area contributed by atoms with Crippen molar-refractivity contribution in [1.82, 2.24) is 20.9 Å². The molecule has 11 nitrogen and oxygen atoms in total. The maximum atomic E-state index is 13.4. The molecule has 1 aliphatic heterocycles. The number of carboxylic acids is 1. The van der Waals surface area contributed by atoms with E-state index >= 15 is 0 Å². The van der Waals surface area contributed by atoms with Gasteiger partial charge in [0.15, 0.2) is 0 Å². The van der Waals surface area contributed by atoms with Gasteiger partial charge >= 0.3 is 12.1 Å². The van der Waals surface area contributed by atoms with Crippen LogP contribution in [-0.4, -0.2) is 83.5 Å². The number of hydrogen-bond acceptors (Lipinski definition) is 7. The number of thiophene rings is 1. The van der Waals surface area contributed by atoms with E-state index in [-0.39, 0.29) is 24.2 Å². The van der Waals surface area contributed by atoms with Crippen LogP contribution >= 0.6 is 11.3 Å². The Morgan fingerprint density at radius 2 is 1.66 bits per heavy atom. The van der Waals surface area contributed by atoms with Crippen molar-refractivity contribution >= 4 is 40.9 Å². The van der Waals surface area contributed by atoms with E-state index in [1.165, 1.54) is 4.90 Å². The van der Waals surface area contributed by atoms with Gasteiger partial charge in [-0.15, -0.1) is 0 Å². The monoisotopic (exact) mass is 641 g/mol. The third kappa shape index (κ3) is 10.3. The molecule has 6 N–H and O–H groups in total. The first-order valence-corrected chi connectivity index (χ1v) is 14.8.